The van der Waals surface area contributed by atoms with Crippen molar-refractivity contribution in [2.45, 2.75) is 33.3 Å². The van der Waals surface area contributed by atoms with E-state index in [-0.39, 0.29) is 11.3 Å². The van der Waals surface area contributed by atoms with E-state index in [4.69, 9.17) is 4.74 Å². The number of carbonyl (C=O) groups is 1. The molecule has 0 aliphatic rings. The van der Waals surface area contributed by atoms with Crippen molar-refractivity contribution in [3.8, 4) is 0 Å². The standard InChI is InChI=1S/C14H18N2O3/c1-10(17)11(13(18)19-14(2,3)4)9-16-12-7-5-6-8-15-12/h5-9,17H,1-4H3. The molecule has 102 valence electrons. The molecule has 0 aliphatic heterocycles. The number of carbonyl (C=O) groups excluding carboxylic acids is 1. The molecule has 0 saturated heterocycles. The van der Waals surface area contributed by atoms with Gasteiger partial charge in [0, 0.05) is 12.4 Å². The maximum Gasteiger partial charge on any atom is 0.343 e. The number of hydrogen-bond donors (Lipinski definition) is 1. The van der Waals surface area contributed by atoms with Crippen molar-refractivity contribution in [2.24, 2.45) is 4.99 Å². The average Bonchev–Trinajstić information content (AvgIpc) is 2.27. The highest BCUT2D eigenvalue weighted by Gasteiger charge is 2.20. The smallest absolute Gasteiger partial charge is 0.343 e. The Labute approximate surface area is 112 Å². The number of nitrogens with zero attached hydrogens (tertiary/aromatic N) is 2. The van der Waals surface area contributed by atoms with Gasteiger partial charge in [0.15, 0.2) is 5.82 Å². The molecule has 0 unspecified atom stereocenters. The number of pyridine rings is 1. The molecule has 0 radical (unpaired) electrons. The van der Waals surface area contributed by atoms with E-state index in [1.165, 1.54) is 13.1 Å². The molecule has 1 rings (SSSR count). The maximum atomic E-state index is 11.9. The highest BCUT2D eigenvalue weighted by molar-refractivity contribution is 6.10. The van der Waals surface area contributed by atoms with Gasteiger partial charge in [0.05, 0.1) is 0 Å². The molecule has 0 bridgehead atoms. The van der Waals surface area contributed by atoms with Crippen LogP contribution in [0.25, 0.3) is 0 Å². The number of hydrogen-bond acceptors (Lipinski definition) is 5. The van der Waals surface area contributed by atoms with Gasteiger partial charge in [0.1, 0.15) is 16.9 Å². The van der Waals surface area contributed by atoms with Crippen molar-refractivity contribution in [3.05, 3.63) is 35.7 Å². The van der Waals surface area contributed by atoms with Crippen molar-refractivity contribution >= 4 is 18.0 Å². The zero-order chi connectivity index (χ0) is 14.5. The van der Waals surface area contributed by atoms with Gasteiger partial charge < -0.3 is 9.84 Å². The predicted octanol–water partition coefficient (Wildman–Crippen LogP) is 2.96. The van der Waals surface area contributed by atoms with E-state index in [1.54, 1.807) is 45.2 Å². The Hall–Kier alpha value is -2.17. The lowest BCUT2D eigenvalue weighted by Gasteiger charge is -2.19. The van der Waals surface area contributed by atoms with E-state index in [1.807, 2.05) is 0 Å². The van der Waals surface area contributed by atoms with E-state index >= 15 is 0 Å². The van der Waals surface area contributed by atoms with Gasteiger partial charge in [-0.15, -0.1) is 0 Å². The second-order valence-corrected chi connectivity index (χ2v) is 4.95. The Morgan fingerprint density at radius 2 is 2.11 bits per heavy atom. The van der Waals surface area contributed by atoms with Crippen LogP contribution in [0.5, 0.6) is 0 Å². The summed E-state index contributed by atoms with van der Waals surface area (Å²) in [7, 11) is 0. The topological polar surface area (TPSA) is 71.8 Å². The molecule has 1 aromatic rings. The first-order chi connectivity index (χ1) is 8.79. The molecule has 19 heavy (non-hydrogen) atoms. The van der Waals surface area contributed by atoms with Crippen molar-refractivity contribution in [1.29, 1.82) is 0 Å². The molecule has 5 nitrogen and oxygen atoms in total. The van der Waals surface area contributed by atoms with Gasteiger partial charge in [-0.2, -0.15) is 0 Å². The highest BCUT2D eigenvalue weighted by Crippen LogP contribution is 2.13. The Morgan fingerprint density at radius 3 is 2.58 bits per heavy atom. The Kier molecular flexibility index (Phi) is 4.80. The minimum absolute atomic E-state index is 0.0144. The first kappa shape index (κ1) is 14.9. The van der Waals surface area contributed by atoms with E-state index in [0.717, 1.165) is 0 Å². The summed E-state index contributed by atoms with van der Waals surface area (Å²) in [5.74, 6) is -0.314. The molecule has 0 amide bonds. The molecule has 1 aromatic heterocycles. The zero-order valence-corrected chi connectivity index (χ0v) is 11.5. The molecule has 0 aliphatic carbocycles. The summed E-state index contributed by atoms with van der Waals surface area (Å²) >= 11 is 0. The number of ether oxygens (including phenoxy) is 1. The molecular weight excluding hydrogens is 244 g/mol. The molecule has 0 spiro atoms. The summed E-state index contributed by atoms with van der Waals surface area (Å²) < 4.78 is 5.18. The monoisotopic (exact) mass is 262 g/mol. The fourth-order valence-corrected chi connectivity index (χ4v) is 1.19. The Balaban J connectivity index is 2.90. The van der Waals surface area contributed by atoms with Crippen LogP contribution >= 0.6 is 0 Å². The largest absolute Gasteiger partial charge is 0.512 e. The number of allylic oxidation sites excluding steroid dienone is 1. The van der Waals surface area contributed by atoms with Crippen LogP contribution < -0.4 is 0 Å². The average molecular weight is 262 g/mol. The molecule has 0 atom stereocenters. The molecule has 0 fully saturated rings. The highest BCUT2D eigenvalue weighted by atomic mass is 16.6. The van der Waals surface area contributed by atoms with Crippen molar-refractivity contribution in [3.63, 3.8) is 0 Å². The van der Waals surface area contributed by atoms with Gasteiger partial charge in [-0.05, 0) is 39.8 Å². The number of aliphatic hydroxyl groups is 1. The number of aliphatic imine (C=N–C) groups is 1. The second kappa shape index (κ2) is 6.13. The van der Waals surface area contributed by atoms with Gasteiger partial charge in [0.25, 0.3) is 0 Å². The lowest BCUT2D eigenvalue weighted by atomic mass is 10.2. The fourth-order valence-electron chi connectivity index (χ4n) is 1.19. The van der Waals surface area contributed by atoms with E-state index in [9.17, 15) is 9.90 Å². The van der Waals surface area contributed by atoms with Crippen LogP contribution in [0.15, 0.2) is 40.7 Å². The molecular formula is C14H18N2O3. The third kappa shape index (κ3) is 5.33. The van der Waals surface area contributed by atoms with E-state index < -0.39 is 11.6 Å². The third-order valence-corrected chi connectivity index (χ3v) is 1.98. The summed E-state index contributed by atoms with van der Waals surface area (Å²) in [4.78, 5) is 19.9. The van der Waals surface area contributed by atoms with Gasteiger partial charge in [0.2, 0.25) is 0 Å². The number of rotatable bonds is 3. The minimum atomic E-state index is -0.628. The summed E-state index contributed by atoms with van der Waals surface area (Å²) in [6, 6.07) is 5.24. The quantitative estimate of drug-likeness (QED) is 0.393. The number of esters is 1. The third-order valence-electron chi connectivity index (χ3n) is 1.98. The van der Waals surface area contributed by atoms with Gasteiger partial charge in [-0.25, -0.2) is 14.8 Å². The van der Waals surface area contributed by atoms with Crippen molar-refractivity contribution < 1.29 is 14.6 Å². The first-order valence-electron chi connectivity index (χ1n) is 5.88. The number of aromatic nitrogens is 1. The summed E-state index contributed by atoms with van der Waals surface area (Å²) in [5.41, 5.74) is -0.614. The van der Waals surface area contributed by atoms with Crippen LogP contribution in [0.4, 0.5) is 5.82 Å². The van der Waals surface area contributed by atoms with E-state index in [0.29, 0.717) is 5.82 Å². The summed E-state index contributed by atoms with van der Waals surface area (Å²) in [5, 5.41) is 9.52. The van der Waals surface area contributed by atoms with Gasteiger partial charge >= 0.3 is 5.97 Å². The second-order valence-electron chi connectivity index (χ2n) is 4.95. The molecule has 0 saturated carbocycles. The molecule has 1 heterocycles. The Morgan fingerprint density at radius 1 is 1.42 bits per heavy atom. The lowest BCUT2D eigenvalue weighted by molar-refractivity contribution is -0.149. The van der Waals surface area contributed by atoms with Crippen LogP contribution in [0, 0.1) is 0 Å². The molecule has 0 aromatic carbocycles. The lowest BCUT2D eigenvalue weighted by Crippen LogP contribution is -2.25. The molecule has 1 N–H and O–H groups in total. The van der Waals surface area contributed by atoms with Gasteiger partial charge in [-0.3, -0.25) is 0 Å². The van der Waals surface area contributed by atoms with Crippen LogP contribution in [-0.2, 0) is 9.53 Å². The zero-order valence-electron chi connectivity index (χ0n) is 11.5. The van der Waals surface area contributed by atoms with Gasteiger partial charge in [-0.1, -0.05) is 6.07 Å². The molecule has 5 heteroatoms. The van der Waals surface area contributed by atoms with Crippen LogP contribution in [0.3, 0.4) is 0 Å². The fraction of sp³-hybridized carbons (Fsp3) is 0.357. The first-order valence-corrected chi connectivity index (χ1v) is 5.88. The summed E-state index contributed by atoms with van der Waals surface area (Å²) in [6.07, 6.45) is 2.85. The SMILES string of the molecule is CC(O)=C(C=Nc1ccccn1)C(=O)OC(C)(C)C. The van der Waals surface area contributed by atoms with Crippen molar-refractivity contribution in [2.75, 3.05) is 0 Å². The minimum Gasteiger partial charge on any atom is -0.512 e. The van der Waals surface area contributed by atoms with Crippen LogP contribution in [-0.4, -0.2) is 27.9 Å². The summed E-state index contributed by atoms with van der Waals surface area (Å²) in [6.45, 7) is 6.67. The number of aliphatic hydroxyl groups excluding tert-OH is 1. The Bertz CT molecular complexity index is 495. The van der Waals surface area contributed by atoms with Crippen LogP contribution in [0.1, 0.15) is 27.7 Å². The predicted molar refractivity (Wildman–Crippen MR) is 73.6 cm³/mol. The van der Waals surface area contributed by atoms with Crippen LogP contribution in [0.2, 0.25) is 0 Å². The normalized spacial score (nSPS) is 13.3. The van der Waals surface area contributed by atoms with Crippen molar-refractivity contribution in [1.82, 2.24) is 4.98 Å². The van der Waals surface area contributed by atoms with E-state index in [2.05, 4.69) is 9.98 Å². The maximum absolute atomic E-state index is 11.9.